The second-order valence-electron chi connectivity index (χ2n) is 3.51. The topological polar surface area (TPSA) is 68.0 Å². The predicted molar refractivity (Wildman–Crippen MR) is 63.4 cm³/mol. The van der Waals surface area contributed by atoms with Gasteiger partial charge in [-0.15, -0.1) is 0 Å². The SMILES string of the molecule is CC(N)C(C)C(=O)Nc1ccc(Br)nc1. The molecule has 1 amide bonds. The molecular weight excluding hydrogens is 258 g/mol. The van der Waals surface area contributed by atoms with E-state index < -0.39 is 0 Å². The average Bonchev–Trinajstić information content (AvgIpc) is 2.20. The number of carbonyl (C=O) groups is 1. The largest absolute Gasteiger partial charge is 0.327 e. The summed E-state index contributed by atoms with van der Waals surface area (Å²) < 4.78 is 0.737. The van der Waals surface area contributed by atoms with Crippen molar-refractivity contribution in [3.63, 3.8) is 0 Å². The van der Waals surface area contributed by atoms with Crippen molar-refractivity contribution >= 4 is 27.5 Å². The first-order valence-corrected chi connectivity index (χ1v) is 5.48. The molecular formula is C10H14BrN3O. The molecule has 15 heavy (non-hydrogen) atoms. The van der Waals surface area contributed by atoms with E-state index in [1.54, 1.807) is 25.3 Å². The van der Waals surface area contributed by atoms with E-state index in [2.05, 4.69) is 26.2 Å². The molecule has 1 aromatic rings. The number of nitrogens with one attached hydrogen (secondary N) is 1. The Bertz CT molecular complexity index is 337. The van der Waals surface area contributed by atoms with Crippen LogP contribution in [0.1, 0.15) is 13.8 Å². The molecule has 2 unspecified atom stereocenters. The number of amides is 1. The molecule has 1 aromatic heterocycles. The van der Waals surface area contributed by atoms with E-state index in [0.717, 1.165) is 4.60 Å². The maximum absolute atomic E-state index is 11.6. The van der Waals surface area contributed by atoms with E-state index in [0.29, 0.717) is 5.69 Å². The lowest BCUT2D eigenvalue weighted by atomic mass is 10.0. The highest BCUT2D eigenvalue weighted by molar-refractivity contribution is 9.10. The third-order valence-electron chi connectivity index (χ3n) is 2.20. The van der Waals surface area contributed by atoms with Crippen molar-refractivity contribution in [2.45, 2.75) is 19.9 Å². The Hall–Kier alpha value is -0.940. The molecule has 0 radical (unpaired) electrons. The quantitative estimate of drug-likeness (QED) is 0.824. The monoisotopic (exact) mass is 271 g/mol. The highest BCUT2D eigenvalue weighted by Gasteiger charge is 2.16. The van der Waals surface area contributed by atoms with E-state index in [4.69, 9.17) is 5.73 Å². The van der Waals surface area contributed by atoms with E-state index in [1.807, 2.05) is 6.92 Å². The van der Waals surface area contributed by atoms with Gasteiger partial charge in [0, 0.05) is 6.04 Å². The normalized spacial score (nSPS) is 14.4. The van der Waals surface area contributed by atoms with E-state index in [9.17, 15) is 4.79 Å². The first-order chi connectivity index (χ1) is 7.00. The zero-order chi connectivity index (χ0) is 11.4. The number of hydrogen-bond acceptors (Lipinski definition) is 3. The molecule has 1 heterocycles. The van der Waals surface area contributed by atoms with E-state index in [-0.39, 0.29) is 17.9 Å². The second-order valence-corrected chi connectivity index (χ2v) is 4.32. The fourth-order valence-corrected chi connectivity index (χ4v) is 1.18. The van der Waals surface area contributed by atoms with Crippen LogP contribution in [0.15, 0.2) is 22.9 Å². The van der Waals surface area contributed by atoms with Gasteiger partial charge in [-0.3, -0.25) is 4.79 Å². The van der Waals surface area contributed by atoms with Crippen molar-refractivity contribution in [1.82, 2.24) is 4.98 Å². The number of anilines is 1. The summed E-state index contributed by atoms with van der Waals surface area (Å²) in [4.78, 5) is 15.6. The third kappa shape index (κ3) is 3.60. The Morgan fingerprint density at radius 1 is 1.53 bits per heavy atom. The minimum absolute atomic E-state index is 0.0888. The fourth-order valence-electron chi connectivity index (χ4n) is 0.945. The summed E-state index contributed by atoms with van der Waals surface area (Å²) >= 11 is 3.22. The molecule has 0 aliphatic rings. The zero-order valence-corrected chi connectivity index (χ0v) is 10.3. The van der Waals surface area contributed by atoms with Crippen LogP contribution in [0.4, 0.5) is 5.69 Å². The predicted octanol–water partition coefficient (Wildman–Crippen LogP) is 1.77. The van der Waals surface area contributed by atoms with Crippen molar-refractivity contribution in [2.24, 2.45) is 11.7 Å². The van der Waals surface area contributed by atoms with Crippen molar-refractivity contribution < 1.29 is 4.79 Å². The van der Waals surface area contributed by atoms with Gasteiger partial charge in [0.2, 0.25) is 5.91 Å². The Kier molecular flexibility index (Phi) is 4.23. The minimum Gasteiger partial charge on any atom is -0.327 e. The van der Waals surface area contributed by atoms with Gasteiger partial charge in [0.1, 0.15) is 4.60 Å². The summed E-state index contributed by atoms with van der Waals surface area (Å²) in [6.45, 7) is 3.61. The van der Waals surface area contributed by atoms with Gasteiger partial charge in [-0.25, -0.2) is 4.98 Å². The number of hydrogen-bond donors (Lipinski definition) is 2. The summed E-state index contributed by atoms with van der Waals surface area (Å²) in [6.07, 6.45) is 1.59. The Labute approximate surface area is 97.4 Å². The van der Waals surface area contributed by atoms with Crippen LogP contribution in [-0.2, 0) is 4.79 Å². The first-order valence-electron chi connectivity index (χ1n) is 4.68. The summed E-state index contributed by atoms with van der Waals surface area (Å²) in [5.41, 5.74) is 6.31. The molecule has 0 saturated heterocycles. The summed E-state index contributed by atoms with van der Waals surface area (Å²) in [6, 6.07) is 3.39. The van der Waals surface area contributed by atoms with E-state index >= 15 is 0 Å². The number of nitrogens with zero attached hydrogens (tertiary/aromatic N) is 1. The molecule has 0 aromatic carbocycles. The number of aromatic nitrogens is 1. The number of nitrogens with two attached hydrogens (primary N) is 1. The molecule has 82 valence electrons. The number of halogens is 1. The molecule has 2 atom stereocenters. The fraction of sp³-hybridized carbons (Fsp3) is 0.400. The Morgan fingerprint density at radius 3 is 2.67 bits per heavy atom. The molecule has 0 aliphatic heterocycles. The van der Waals surface area contributed by atoms with Gasteiger partial charge in [-0.05, 0) is 35.0 Å². The molecule has 0 aliphatic carbocycles. The third-order valence-corrected chi connectivity index (χ3v) is 2.67. The van der Waals surface area contributed by atoms with Gasteiger partial charge < -0.3 is 11.1 Å². The van der Waals surface area contributed by atoms with Crippen LogP contribution in [0.3, 0.4) is 0 Å². The maximum atomic E-state index is 11.6. The van der Waals surface area contributed by atoms with Crippen molar-refractivity contribution in [3.8, 4) is 0 Å². The molecule has 5 heteroatoms. The van der Waals surface area contributed by atoms with Crippen LogP contribution in [0, 0.1) is 5.92 Å². The minimum atomic E-state index is -0.214. The van der Waals surface area contributed by atoms with Gasteiger partial charge in [-0.1, -0.05) is 6.92 Å². The summed E-state index contributed by atoms with van der Waals surface area (Å²) in [5, 5.41) is 2.75. The van der Waals surface area contributed by atoms with Gasteiger partial charge >= 0.3 is 0 Å². The molecule has 1 rings (SSSR count). The molecule has 0 bridgehead atoms. The van der Waals surface area contributed by atoms with Gasteiger partial charge in [0.15, 0.2) is 0 Å². The standard InChI is InChI=1S/C10H14BrN3O/c1-6(7(2)12)10(15)14-8-3-4-9(11)13-5-8/h3-7H,12H2,1-2H3,(H,14,15). The number of pyridine rings is 1. The van der Waals surface area contributed by atoms with Crippen LogP contribution in [0.5, 0.6) is 0 Å². The Morgan fingerprint density at radius 2 is 2.20 bits per heavy atom. The van der Waals surface area contributed by atoms with Gasteiger partial charge in [0.25, 0.3) is 0 Å². The molecule has 0 spiro atoms. The van der Waals surface area contributed by atoms with Crippen LogP contribution < -0.4 is 11.1 Å². The van der Waals surface area contributed by atoms with Crippen LogP contribution in [0.25, 0.3) is 0 Å². The van der Waals surface area contributed by atoms with Crippen molar-refractivity contribution in [1.29, 1.82) is 0 Å². The molecule has 4 nitrogen and oxygen atoms in total. The molecule has 0 fully saturated rings. The highest BCUT2D eigenvalue weighted by atomic mass is 79.9. The van der Waals surface area contributed by atoms with Crippen molar-refractivity contribution in [3.05, 3.63) is 22.9 Å². The second kappa shape index (κ2) is 5.23. The maximum Gasteiger partial charge on any atom is 0.228 e. The lowest BCUT2D eigenvalue weighted by Gasteiger charge is -2.14. The summed E-state index contributed by atoms with van der Waals surface area (Å²) in [5.74, 6) is -0.303. The first kappa shape index (κ1) is 12.1. The van der Waals surface area contributed by atoms with Crippen LogP contribution in [-0.4, -0.2) is 16.9 Å². The van der Waals surface area contributed by atoms with Crippen LogP contribution in [0.2, 0.25) is 0 Å². The number of rotatable bonds is 3. The van der Waals surface area contributed by atoms with Crippen LogP contribution >= 0.6 is 15.9 Å². The zero-order valence-electron chi connectivity index (χ0n) is 8.70. The Balaban J connectivity index is 2.62. The molecule has 0 saturated carbocycles. The number of carbonyl (C=O) groups excluding carboxylic acids is 1. The van der Waals surface area contributed by atoms with Gasteiger partial charge in [-0.2, -0.15) is 0 Å². The van der Waals surface area contributed by atoms with Gasteiger partial charge in [0.05, 0.1) is 17.8 Å². The lowest BCUT2D eigenvalue weighted by Crippen LogP contribution is -2.34. The lowest BCUT2D eigenvalue weighted by molar-refractivity contribution is -0.119. The summed E-state index contributed by atoms with van der Waals surface area (Å²) in [7, 11) is 0. The smallest absolute Gasteiger partial charge is 0.228 e. The van der Waals surface area contributed by atoms with Crippen molar-refractivity contribution in [2.75, 3.05) is 5.32 Å². The molecule has 3 N–H and O–H groups in total. The van der Waals surface area contributed by atoms with E-state index in [1.165, 1.54) is 0 Å². The average molecular weight is 272 g/mol. The highest BCUT2D eigenvalue weighted by Crippen LogP contribution is 2.12.